The highest BCUT2D eigenvalue weighted by Gasteiger charge is 2.36. The van der Waals surface area contributed by atoms with Crippen LogP contribution in [0.25, 0.3) is 11.3 Å². The van der Waals surface area contributed by atoms with E-state index in [1.54, 1.807) is 36.4 Å². The van der Waals surface area contributed by atoms with E-state index in [1.807, 2.05) is 24.4 Å². The van der Waals surface area contributed by atoms with E-state index in [0.717, 1.165) is 21.2 Å². The van der Waals surface area contributed by atoms with Crippen LogP contribution in [0.15, 0.2) is 53.9 Å². The number of carbonyl (C=O) groups excluding carboxylic acids is 3. The molecule has 1 aliphatic rings. The molecular weight excluding hydrogens is 362 g/mol. The summed E-state index contributed by atoms with van der Waals surface area (Å²) < 4.78 is 0. The number of amides is 3. The van der Waals surface area contributed by atoms with Gasteiger partial charge in [-0.3, -0.25) is 19.3 Å². The minimum Gasteiger partial charge on any atom is -0.324 e. The molecule has 2 heterocycles. The molecule has 0 spiro atoms. The van der Waals surface area contributed by atoms with Crippen molar-refractivity contribution >= 4 is 34.7 Å². The molecule has 3 amide bonds. The standard InChI is InChI=1S/C20H15N3O3S/c1-12-21-17(11-27-12)15-8-4-5-9-16(15)22-18(24)10-23-19(25)13-6-2-3-7-14(13)20(23)26/h2-9,11H,10H2,1H3,(H,22,24). The van der Waals surface area contributed by atoms with Gasteiger partial charge in [-0.15, -0.1) is 11.3 Å². The van der Waals surface area contributed by atoms with Gasteiger partial charge in [0.2, 0.25) is 5.91 Å². The van der Waals surface area contributed by atoms with Crippen molar-refractivity contribution in [2.24, 2.45) is 0 Å². The number of benzene rings is 2. The Hall–Kier alpha value is -3.32. The average molecular weight is 377 g/mol. The lowest BCUT2D eigenvalue weighted by Crippen LogP contribution is -2.37. The van der Waals surface area contributed by atoms with E-state index in [4.69, 9.17) is 0 Å². The molecule has 0 saturated heterocycles. The number of hydrogen-bond donors (Lipinski definition) is 1. The number of fused-ring (bicyclic) bond motifs is 1. The van der Waals surface area contributed by atoms with Crippen LogP contribution in [0, 0.1) is 6.92 Å². The highest BCUT2D eigenvalue weighted by Crippen LogP contribution is 2.29. The Morgan fingerprint density at radius 3 is 2.19 bits per heavy atom. The van der Waals surface area contributed by atoms with Crippen LogP contribution in [0.1, 0.15) is 25.7 Å². The molecule has 0 radical (unpaired) electrons. The first-order chi connectivity index (χ1) is 13.0. The number of nitrogens with zero attached hydrogens (tertiary/aromatic N) is 2. The number of imide groups is 1. The number of aryl methyl sites for hydroxylation is 1. The van der Waals surface area contributed by atoms with Gasteiger partial charge in [-0.1, -0.05) is 30.3 Å². The highest BCUT2D eigenvalue weighted by atomic mass is 32.1. The lowest BCUT2D eigenvalue weighted by molar-refractivity contribution is -0.116. The number of thiazole rings is 1. The fourth-order valence-electron chi connectivity index (χ4n) is 3.02. The van der Waals surface area contributed by atoms with Crippen molar-refractivity contribution in [3.8, 4) is 11.3 Å². The number of nitrogens with one attached hydrogen (secondary N) is 1. The molecule has 0 aliphatic carbocycles. The molecule has 4 rings (SSSR count). The zero-order valence-electron chi connectivity index (χ0n) is 14.4. The smallest absolute Gasteiger partial charge is 0.262 e. The Morgan fingerprint density at radius 1 is 1.00 bits per heavy atom. The molecule has 134 valence electrons. The van der Waals surface area contributed by atoms with Gasteiger partial charge < -0.3 is 5.32 Å². The fourth-order valence-corrected chi connectivity index (χ4v) is 3.63. The van der Waals surface area contributed by atoms with E-state index in [-0.39, 0.29) is 6.54 Å². The van der Waals surface area contributed by atoms with Crippen molar-refractivity contribution in [2.45, 2.75) is 6.92 Å². The van der Waals surface area contributed by atoms with Crippen LogP contribution in [-0.2, 0) is 4.79 Å². The molecule has 1 aromatic heterocycles. The Bertz CT molecular complexity index is 1040. The van der Waals surface area contributed by atoms with Crippen LogP contribution in [0.3, 0.4) is 0 Å². The monoisotopic (exact) mass is 377 g/mol. The highest BCUT2D eigenvalue weighted by molar-refractivity contribution is 7.09. The van der Waals surface area contributed by atoms with Gasteiger partial charge in [0.1, 0.15) is 6.54 Å². The molecule has 0 fully saturated rings. The van der Waals surface area contributed by atoms with Crippen molar-refractivity contribution < 1.29 is 14.4 Å². The van der Waals surface area contributed by atoms with Gasteiger partial charge in [0, 0.05) is 10.9 Å². The van der Waals surface area contributed by atoms with E-state index >= 15 is 0 Å². The van der Waals surface area contributed by atoms with Gasteiger partial charge in [-0.25, -0.2) is 4.98 Å². The average Bonchev–Trinajstić information content (AvgIpc) is 3.20. The Labute approximate surface area is 159 Å². The molecule has 0 atom stereocenters. The van der Waals surface area contributed by atoms with Gasteiger partial charge >= 0.3 is 0 Å². The second kappa shape index (κ2) is 6.77. The van der Waals surface area contributed by atoms with Crippen LogP contribution in [0.5, 0.6) is 0 Å². The minimum atomic E-state index is -0.450. The summed E-state index contributed by atoms with van der Waals surface area (Å²) in [6.07, 6.45) is 0. The van der Waals surface area contributed by atoms with Crippen LogP contribution >= 0.6 is 11.3 Å². The summed E-state index contributed by atoms with van der Waals surface area (Å²) in [7, 11) is 0. The summed E-state index contributed by atoms with van der Waals surface area (Å²) in [4.78, 5) is 42.7. The summed E-state index contributed by atoms with van der Waals surface area (Å²) in [5.74, 6) is -1.34. The van der Waals surface area contributed by atoms with Gasteiger partial charge in [-0.2, -0.15) is 0 Å². The number of anilines is 1. The van der Waals surface area contributed by atoms with Gasteiger partial charge in [0.25, 0.3) is 11.8 Å². The van der Waals surface area contributed by atoms with E-state index in [0.29, 0.717) is 16.8 Å². The maximum Gasteiger partial charge on any atom is 0.262 e. The summed E-state index contributed by atoms with van der Waals surface area (Å²) in [5, 5.41) is 5.64. The van der Waals surface area contributed by atoms with Crippen LogP contribution in [0.2, 0.25) is 0 Å². The third-order valence-corrected chi connectivity index (χ3v) is 5.05. The first-order valence-electron chi connectivity index (χ1n) is 8.31. The van der Waals surface area contributed by atoms with E-state index in [1.165, 1.54) is 11.3 Å². The molecule has 7 heteroatoms. The number of aromatic nitrogens is 1. The molecule has 27 heavy (non-hydrogen) atoms. The minimum absolute atomic E-state index is 0.327. The molecule has 6 nitrogen and oxygen atoms in total. The molecule has 1 N–H and O–H groups in total. The molecule has 1 aliphatic heterocycles. The lowest BCUT2D eigenvalue weighted by atomic mass is 10.1. The van der Waals surface area contributed by atoms with E-state index in [9.17, 15) is 14.4 Å². The molecule has 3 aromatic rings. The number of rotatable bonds is 4. The summed E-state index contributed by atoms with van der Waals surface area (Å²) >= 11 is 1.53. The Kier molecular flexibility index (Phi) is 4.29. The second-order valence-electron chi connectivity index (χ2n) is 6.09. The first kappa shape index (κ1) is 17.1. The van der Waals surface area contributed by atoms with Gasteiger partial charge in [-0.05, 0) is 25.1 Å². The number of carbonyl (C=O) groups is 3. The van der Waals surface area contributed by atoms with Crippen LogP contribution in [0.4, 0.5) is 5.69 Å². The zero-order valence-corrected chi connectivity index (χ0v) is 15.2. The topological polar surface area (TPSA) is 79.4 Å². The molecule has 2 aromatic carbocycles. The summed E-state index contributed by atoms with van der Waals surface area (Å²) in [6.45, 7) is 1.58. The molecule has 0 unspecified atom stereocenters. The predicted molar refractivity (Wildman–Crippen MR) is 103 cm³/mol. The Morgan fingerprint density at radius 2 is 1.59 bits per heavy atom. The third kappa shape index (κ3) is 3.13. The molecular formula is C20H15N3O3S. The molecule has 0 bridgehead atoms. The first-order valence-corrected chi connectivity index (χ1v) is 9.19. The Balaban J connectivity index is 1.53. The van der Waals surface area contributed by atoms with Crippen molar-refractivity contribution in [3.63, 3.8) is 0 Å². The zero-order chi connectivity index (χ0) is 19.0. The van der Waals surface area contributed by atoms with Crippen molar-refractivity contribution in [2.75, 3.05) is 11.9 Å². The maximum absolute atomic E-state index is 12.5. The number of hydrogen-bond acceptors (Lipinski definition) is 5. The second-order valence-corrected chi connectivity index (χ2v) is 7.15. The lowest BCUT2D eigenvalue weighted by Gasteiger charge is -2.15. The normalized spacial score (nSPS) is 13.0. The van der Waals surface area contributed by atoms with Gasteiger partial charge in [0.15, 0.2) is 0 Å². The van der Waals surface area contributed by atoms with Crippen LogP contribution < -0.4 is 5.32 Å². The SMILES string of the molecule is Cc1nc(-c2ccccc2NC(=O)CN2C(=O)c3ccccc3C2=O)cs1. The third-order valence-electron chi connectivity index (χ3n) is 4.28. The number of para-hydroxylation sites is 1. The summed E-state index contributed by atoms with van der Waals surface area (Å²) in [6, 6.07) is 13.9. The van der Waals surface area contributed by atoms with Crippen molar-refractivity contribution in [1.82, 2.24) is 9.88 Å². The van der Waals surface area contributed by atoms with Gasteiger partial charge in [0.05, 0.1) is 27.5 Å². The van der Waals surface area contributed by atoms with Crippen molar-refractivity contribution in [3.05, 3.63) is 70.0 Å². The maximum atomic E-state index is 12.5. The fraction of sp³-hybridized carbons (Fsp3) is 0.100. The van der Waals surface area contributed by atoms with Crippen LogP contribution in [-0.4, -0.2) is 34.2 Å². The predicted octanol–water partition coefficient (Wildman–Crippen LogP) is 3.35. The van der Waals surface area contributed by atoms with E-state index in [2.05, 4.69) is 10.3 Å². The molecule has 0 saturated carbocycles. The summed E-state index contributed by atoms with van der Waals surface area (Å²) in [5.41, 5.74) is 2.80. The van der Waals surface area contributed by atoms with Crippen molar-refractivity contribution in [1.29, 1.82) is 0 Å². The quantitative estimate of drug-likeness (QED) is 0.707. The van der Waals surface area contributed by atoms with E-state index < -0.39 is 17.7 Å². The largest absolute Gasteiger partial charge is 0.324 e.